The lowest BCUT2D eigenvalue weighted by atomic mass is 9.51. The molecule has 4 aliphatic rings. The molecule has 2 saturated carbocycles. The van der Waals surface area contributed by atoms with Gasteiger partial charge in [0, 0.05) is 13.1 Å². The molecule has 2 spiro atoms. The monoisotopic (exact) mass is 538 g/mol. The number of urea groups is 2. The van der Waals surface area contributed by atoms with Crippen LogP contribution >= 0.6 is 0 Å². The quantitative estimate of drug-likeness (QED) is 0.333. The molecular weight excluding hydrogens is 512 g/mol. The number of halogens is 4. The SMILES string of the molecule is CN1C(=O)N(CC(F)(F)F)C2(CC3(CCC(N4C(=O)CC(=O)N(Cc5cccc(F)c5)C4=O)CC3)C2)C1=O. The highest BCUT2D eigenvalue weighted by Crippen LogP contribution is 2.61. The zero-order valence-corrected chi connectivity index (χ0v) is 20.6. The summed E-state index contributed by atoms with van der Waals surface area (Å²) in [6.45, 7) is -1.69. The Labute approximate surface area is 215 Å². The molecule has 38 heavy (non-hydrogen) atoms. The number of amides is 7. The van der Waals surface area contributed by atoms with Crippen molar-refractivity contribution < 1.29 is 41.5 Å². The molecule has 0 aromatic heterocycles. The zero-order valence-electron chi connectivity index (χ0n) is 20.6. The minimum atomic E-state index is -4.65. The number of hydrogen-bond donors (Lipinski definition) is 0. The predicted molar refractivity (Wildman–Crippen MR) is 121 cm³/mol. The molecule has 2 saturated heterocycles. The van der Waals surface area contributed by atoms with Gasteiger partial charge < -0.3 is 4.90 Å². The standard InChI is InChI=1S/C25H26F4N4O5/c1-30-20(36)24(32(21(30)37)14-25(27,28)29)12-23(13-24)7-5-17(6-8-23)33-19(35)10-18(34)31(22(33)38)11-15-3-2-4-16(26)9-15/h2-4,9,17H,5-8,10-14H2,1H3. The molecule has 5 rings (SSSR count). The number of carbonyl (C=O) groups excluding carboxylic acids is 5. The Balaban J connectivity index is 1.27. The van der Waals surface area contributed by atoms with E-state index in [2.05, 4.69) is 0 Å². The molecule has 9 nitrogen and oxygen atoms in total. The van der Waals surface area contributed by atoms with Crippen LogP contribution in [0, 0.1) is 11.2 Å². The highest BCUT2D eigenvalue weighted by molar-refractivity contribution is 6.14. The third-order valence-electron chi connectivity index (χ3n) is 8.33. The van der Waals surface area contributed by atoms with Crippen molar-refractivity contribution in [1.82, 2.24) is 19.6 Å². The summed E-state index contributed by atoms with van der Waals surface area (Å²) < 4.78 is 53.1. The third-order valence-corrected chi connectivity index (χ3v) is 8.33. The maximum absolute atomic E-state index is 13.6. The fraction of sp³-hybridized carbons (Fsp3) is 0.560. The van der Waals surface area contributed by atoms with Gasteiger partial charge in [0.2, 0.25) is 11.8 Å². The van der Waals surface area contributed by atoms with E-state index in [1.54, 1.807) is 6.07 Å². The number of barbiturate groups is 1. The van der Waals surface area contributed by atoms with Gasteiger partial charge in [-0.2, -0.15) is 13.2 Å². The van der Waals surface area contributed by atoms with E-state index in [0.717, 1.165) is 14.7 Å². The lowest BCUT2D eigenvalue weighted by molar-refractivity contribution is -0.174. The molecule has 13 heteroatoms. The van der Waals surface area contributed by atoms with Crippen molar-refractivity contribution in [3.63, 3.8) is 0 Å². The van der Waals surface area contributed by atoms with Crippen LogP contribution in [-0.2, 0) is 20.9 Å². The summed E-state index contributed by atoms with van der Waals surface area (Å²) in [7, 11) is 1.18. The molecule has 0 unspecified atom stereocenters. The molecule has 1 aromatic carbocycles. The Morgan fingerprint density at radius 3 is 2.24 bits per heavy atom. The molecule has 0 radical (unpaired) electrons. The van der Waals surface area contributed by atoms with E-state index < -0.39 is 71.7 Å². The number of alkyl halides is 3. The van der Waals surface area contributed by atoms with Gasteiger partial charge in [-0.1, -0.05) is 12.1 Å². The highest BCUT2D eigenvalue weighted by Gasteiger charge is 2.69. The molecule has 2 aliphatic heterocycles. The normalized spacial score (nSPS) is 30.2. The van der Waals surface area contributed by atoms with E-state index in [0.29, 0.717) is 36.1 Å². The smallest absolute Gasteiger partial charge is 0.300 e. The van der Waals surface area contributed by atoms with Crippen LogP contribution in [-0.4, -0.2) is 80.7 Å². The van der Waals surface area contributed by atoms with E-state index in [4.69, 9.17) is 0 Å². The Morgan fingerprint density at radius 2 is 1.63 bits per heavy atom. The number of carbonyl (C=O) groups is 5. The minimum absolute atomic E-state index is 0.0871. The van der Waals surface area contributed by atoms with Crippen molar-refractivity contribution in [2.24, 2.45) is 5.41 Å². The second-order valence-electron chi connectivity index (χ2n) is 10.8. The number of nitrogens with zero attached hydrogens (tertiary/aromatic N) is 4. The maximum Gasteiger partial charge on any atom is 0.406 e. The molecular formula is C25H26F4N4O5. The first-order valence-corrected chi connectivity index (χ1v) is 12.3. The lowest BCUT2D eigenvalue weighted by Gasteiger charge is -2.58. The van der Waals surface area contributed by atoms with E-state index in [9.17, 15) is 41.5 Å². The number of benzene rings is 1. The van der Waals surface area contributed by atoms with Crippen molar-refractivity contribution in [2.45, 2.75) is 69.2 Å². The summed E-state index contributed by atoms with van der Waals surface area (Å²) in [6.07, 6.45) is -3.38. The number of hydrogen-bond acceptors (Lipinski definition) is 5. The summed E-state index contributed by atoms with van der Waals surface area (Å²) in [5.74, 6) is -2.47. The first-order chi connectivity index (χ1) is 17.8. The van der Waals surface area contributed by atoms with Gasteiger partial charge in [-0.3, -0.25) is 29.1 Å². The van der Waals surface area contributed by atoms with Crippen LogP contribution in [0.1, 0.15) is 50.5 Å². The van der Waals surface area contributed by atoms with Crippen molar-refractivity contribution in [2.75, 3.05) is 13.6 Å². The second-order valence-corrected chi connectivity index (χ2v) is 10.8. The average molecular weight is 538 g/mol. The van der Waals surface area contributed by atoms with Crippen LogP contribution in [0.3, 0.4) is 0 Å². The van der Waals surface area contributed by atoms with E-state index in [1.807, 2.05) is 0 Å². The predicted octanol–water partition coefficient (Wildman–Crippen LogP) is 3.42. The van der Waals surface area contributed by atoms with E-state index in [1.165, 1.54) is 25.2 Å². The molecule has 2 heterocycles. The summed E-state index contributed by atoms with van der Waals surface area (Å²) in [6, 6.07) is 3.18. The molecule has 0 atom stereocenters. The highest BCUT2D eigenvalue weighted by atomic mass is 19.4. The van der Waals surface area contributed by atoms with Crippen molar-refractivity contribution in [1.29, 1.82) is 0 Å². The van der Waals surface area contributed by atoms with Crippen molar-refractivity contribution in [3.05, 3.63) is 35.6 Å². The van der Waals surface area contributed by atoms with Crippen LogP contribution in [0.2, 0.25) is 0 Å². The maximum atomic E-state index is 13.6. The number of imide groups is 3. The molecule has 0 bridgehead atoms. The minimum Gasteiger partial charge on any atom is -0.300 e. The van der Waals surface area contributed by atoms with Crippen LogP contribution in [0.4, 0.5) is 27.2 Å². The third kappa shape index (κ3) is 4.21. The topological polar surface area (TPSA) is 98.3 Å². The Bertz CT molecular complexity index is 1220. The fourth-order valence-electron chi connectivity index (χ4n) is 6.62. The number of rotatable bonds is 4. The lowest BCUT2D eigenvalue weighted by Crippen LogP contribution is -2.66. The van der Waals surface area contributed by atoms with Gasteiger partial charge >= 0.3 is 18.2 Å². The van der Waals surface area contributed by atoms with Gasteiger partial charge in [-0.15, -0.1) is 0 Å². The summed E-state index contributed by atoms with van der Waals surface area (Å²) in [5, 5.41) is 0. The Hall–Kier alpha value is -3.51. The summed E-state index contributed by atoms with van der Waals surface area (Å²) in [5.41, 5.74) is -1.62. The largest absolute Gasteiger partial charge is 0.406 e. The van der Waals surface area contributed by atoms with Gasteiger partial charge in [-0.05, 0) is 61.6 Å². The Morgan fingerprint density at radius 1 is 0.974 bits per heavy atom. The molecule has 1 aromatic rings. The zero-order chi connectivity index (χ0) is 27.6. The first kappa shape index (κ1) is 26.1. The van der Waals surface area contributed by atoms with Crippen LogP contribution in [0.15, 0.2) is 24.3 Å². The second kappa shape index (κ2) is 8.77. The van der Waals surface area contributed by atoms with Gasteiger partial charge in [-0.25, -0.2) is 14.0 Å². The van der Waals surface area contributed by atoms with E-state index in [-0.39, 0.29) is 19.4 Å². The Kier molecular flexibility index (Phi) is 6.03. The van der Waals surface area contributed by atoms with Crippen molar-refractivity contribution in [3.8, 4) is 0 Å². The van der Waals surface area contributed by atoms with Crippen LogP contribution < -0.4 is 0 Å². The van der Waals surface area contributed by atoms with Crippen LogP contribution in [0.25, 0.3) is 0 Å². The molecule has 204 valence electrons. The average Bonchev–Trinajstić information content (AvgIpc) is 2.98. The van der Waals surface area contributed by atoms with Gasteiger partial charge in [0.1, 0.15) is 24.3 Å². The molecule has 4 fully saturated rings. The molecule has 2 aliphatic carbocycles. The van der Waals surface area contributed by atoms with E-state index >= 15 is 0 Å². The van der Waals surface area contributed by atoms with Gasteiger partial charge in [0.05, 0.1) is 6.54 Å². The van der Waals surface area contributed by atoms with Crippen LogP contribution in [0.5, 0.6) is 0 Å². The van der Waals surface area contributed by atoms with Gasteiger partial charge in [0.15, 0.2) is 0 Å². The molecule has 0 N–H and O–H groups in total. The summed E-state index contributed by atoms with van der Waals surface area (Å²) >= 11 is 0. The fourth-order valence-corrected chi connectivity index (χ4v) is 6.62. The van der Waals surface area contributed by atoms with Gasteiger partial charge in [0.25, 0.3) is 5.91 Å². The first-order valence-electron chi connectivity index (χ1n) is 12.3. The number of likely N-dealkylation sites (N-methyl/N-ethyl adjacent to an activating group) is 1. The van der Waals surface area contributed by atoms with Crippen molar-refractivity contribution >= 4 is 29.8 Å². The summed E-state index contributed by atoms with van der Waals surface area (Å²) in [4.78, 5) is 66.9. The molecule has 7 amide bonds.